The van der Waals surface area contributed by atoms with E-state index >= 15 is 0 Å². The second-order valence-corrected chi connectivity index (χ2v) is 2.39. The molecule has 0 radical (unpaired) electrons. The molecule has 0 rings (SSSR count). The van der Waals surface area contributed by atoms with Crippen LogP contribution < -0.4 is 0 Å². The van der Waals surface area contributed by atoms with E-state index in [9.17, 15) is 0 Å². The van der Waals surface area contributed by atoms with E-state index in [4.69, 9.17) is 11.6 Å². The highest BCUT2D eigenvalue weighted by Gasteiger charge is 1.89. The van der Waals surface area contributed by atoms with Crippen molar-refractivity contribution in [3.05, 3.63) is 12.7 Å². The molecule has 0 spiro atoms. The van der Waals surface area contributed by atoms with Crippen LogP contribution in [0.3, 0.4) is 0 Å². The summed E-state index contributed by atoms with van der Waals surface area (Å²) in [5.74, 6) is 0. The number of halogens is 1. The maximum atomic E-state index is 5.61. The van der Waals surface area contributed by atoms with Crippen molar-refractivity contribution in [1.29, 1.82) is 0 Å². The summed E-state index contributed by atoms with van der Waals surface area (Å²) in [5, 5.41) is 0.304. The Balaban J connectivity index is 2.81. The Labute approximate surface area is 50.2 Å². The lowest BCUT2D eigenvalue weighted by molar-refractivity contribution is 0.824. The number of alkyl halides is 1. The van der Waals surface area contributed by atoms with Crippen molar-refractivity contribution in [3.8, 4) is 0 Å². The van der Waals surface area contributed by atoms with Crippen molar-refractivity contribution in [3.63, 3.8) is 0 Å². The van der Waals surface area contributed by atoms with Gasteiger partial charge in [0.05, 0.1) is 0 Å². The summed E-state index contributed by atoms with van der Waals surface area (Å²) in [6, 6.07) is 0. The van der Waals surface area contributed by atoms with Gasteiger partial charge in [-0.05, 0) is 19.8 Å². The van der Waals surface area contributed by atoms with E-state index < -0.39 is 0 Å². The van der Waals surface area contributed by atoms with Gasteiger partial charge in [0.15, 0.2) is 0 Å². The first-order chi connectivity index (χ1) is 3.27. The van der Waals surface area contributed by atoms with Crippen LogP contribution in [-0.2, 0) is 0 Å². The summed E-state index contributed by atoms with van der Waals surface area (Å²) in [4.78, 5) is 0. The summed E-state index contributed by atoms with van der Waals surface area (Å²) in [6.07, 6.45) is 3.97. The van der Waals surface area contributed by atoms with Crippen LogP contribution in [0.5, 0.6) is 0 Å². The highest BCUT2D eigenvalue weighted by molar-refractivity contribution is 6.20. The van der Waals surface area contributed by atoms with Gasteiger partial charge in [0, 0.05) is 5.38 Å². The molecule has 1 atom stereocenters. The van der Waals surface area contributed by atoms with Crippen molar-refractivity contribution < 1.29 is 0 Å². The van der Waals surface area contributed by atoms with Crippen molar-refractivity contribution in [1.82, 2.24) is 0 Å². The molecular formula is C6H11Cl. The smallest absolute Gasteiger partial charge is 0.0310 e. The molecule has 0 N–H and O–H groups in total. The van der Waals surface area contributed by atoms with Crippen LogP contribution in [0, 0.1) is 0 Å². The zero-order valence-electron chi connectivity index (χ0n) is 4.65. The number of hydrogen-bond donors (Lipinski definition) is 0. The molecule has 0 saturated heterocycles. The van der Waals surface area contributed by atoms with Crippen LogP contribution in [0.4, 0.5) is 0 Å². The number of allylic oxidation sites excluding steroid dienone is 1. The van der Waals surface area contributed by atoms with Gasteiger partial charge in [-0.25, -0.2) is 0 Å². The largest absolute Gasteiger partial charge is 0.123 e. The number of rotatable bonds is 3. The van der Waals surface area contributed by atoms with Gasteiger partial charge in [0.25, 0.3) is 0 Å². The molecular weight excluding hydrogens is 108 g/mol. The van der Waals surface area contributed by atoms with E-state index in [1.807, 2.05) is 13.0 Å². The van der Waals surface area contributed by atoms with E-state index in [2.05, 4.69) is 6.58 Å². The molecule has 0 aliphatic rings. The Morgan fingerprint density at radius 2 is 2.43 bits per heavy atom. The summed E-state index contributed by atoms with van der Waals surface area (Å²) in [5.41, 5.74) is 0. The molecule has 0 unspecified atom stereocenters. The van der Waals surface area contributed by atoms with Gasteiger partial charge in [-0.3, -0.25) is 0 Å². The van der Waals surface area contributed by atoms with Gasteiger partial charge < -0.3 is 0 Å². The average Bonchev–Trinajstić information content (AvgIpc) is 1.61. The predicted molar refractivity (Wildman–Crippen MR) is 34.7 cm³/mol. The zero-order chi connectivity index (χ0) is 5.70. The Hall–Kier alpha value is 0.0300. The third kappa shape index (κ3) is 6.03. The van der Waals surface area contributed by atoms with E-state index in [0.717, 1.165) is 12.8 Å². The first kappa shape index (κ1) is 7.03. The molecule has 0 fully saturated rings. The van der Waals surface area contributed by atoms with E-state index in [1.54, 1.807) is 0 Å². The van der Waals surface area contributed by atoms with Crippen molar-refractivity contribution in [2.75, 3.05) is 0 Å². The van der Waals surface area contributed by atoms with E-state index in [-0.39, 0.29) is 0 Å². The molecule has 0 nitrogen and oxygen atoms in total. The molecule has 0 amide bonds. The van der Waals surface area contributed by atoms with Crippen molar-refractivity contribution in [2.45, 2.75) is 25.1 Å². The van der Waals surface area contributed by atoms with Crippen LogP contribution in [0.1, 0.15) is 19.8 Å². The number of hydrogen-bond acceptors (Lipinski definition) is 0. The molecule has 0 saturated carbocycles. The summed E-state index contributed by atoms with van der Waals surface area (Å²) in [7, 11) is 0. The minimum absolute atomic E-state index is 0.304. The van der Waals surface area contributed by atoms with Crippen LogP contribution >= 0.6 is 11.6 Å². The van der Waals surface area contributed by atoms with Crippen molar-refractivity contribution >= 4 is 11.6 Å². The van der Waals surface area contributed by atoms with Gasteiger partial charge >= 0.3 is 0 Å². The molecule has 0 aromatic heterocycles. The monoisotopic (exact) mass is 118 g/mol. The average molecular weight is 119 g/mol. The normalized spacial score (nSPS) is 13.4. The van der Waals surface area contributed by atoms with Gasteiger partial charge in [0.1, 0.15) is 0 Å². The summed E-state index contributed by atoms with van der Waals surface area (Å²) < 4.78 is 0. The molecule has 0 heterocycles. The highest BCUT2D eigenvalue weighted by Crippen LogP contribution is 2.02. The zero-order valence-corrected chi connectivity index (χ0v) is 5.41. The molecule has 0 aromatic rings. The summed E-state index contributed by atoms with van der Waals surface area (Å²) in [6.45, 7) is 5.57. The first-order valence-corrected chi connectivity index (χ1v) is 2.96. The van der Waals surface area contributed by atoms with Crippen LogP contribution in [0.15, 0.2) is 12.7 Å². The Kier molecular flexibility index (Phi) is 4.21. The Morgan fingerprint density at radius 1 is 1.86 bits per heavy atom. The maximum Gasteiger partial charge on any atom is 0.0310 e. The second-order valence-electron chi connectivity index (χ2n) is 1.65. The van der Waals surface area contributed by atoms with Gasteiger partial charge in [-0.2, -0.15) is 0 Å². The molecule has 0 aliphatic carbocycles. The van der Waals surface area contributed by atoms with Crippen molar-refractivity contribution in [2.24, 2.45) is 0 Å². The third-order valence-electron chi connectivity index (χ3n) is 0.769. The topological polar surface area (TPSA) is 0 Å². The fourth-order valence-electron chi connectivity index (χ4n) is 0.348. The predicted octanol–water partition coefficient (Wildman–Crippen LogP) is 2.58. The van der Waals surface area contributed by atoms with Crippen LogP contribution in [-0.4, -0.2) is 5.38 Å². The standard InChI is InChI=1S/C6H11Cl/c1-3-4-5-6(2)7/h3,6H,1,4-5H2,2H3/t6-/m1/s1. The lowest BCUT2D eigenvalue weighted by Gasteiger charge is -1.94. The summed E-state index contributed by atoms with van der Waals surface area (Å²) >= 11 is 5.61. The second kappa shape index (κ2) is 4.20. The maximum absolute atomic E-state index is 5.61. The van der Waals surface area contributed by atoms with E-state index in [1.165, 1.54) is 0 Å². The Morgan fingerprint density at radius 3 is 2.57 bits per heavy atom. The molecule has 1 heteroatoms. The third-order valence-corrected chi connectivity index (χ3v) is 0.987. The van der Waals surface area contributed by atoms with Gasteiger partial charge in [0.2, 0.25) is 0 Å². The molecule has 0 aliphatic heterocycles. The lowest BCUT2D eigenvalue weighted by Crippen LogP contribution is -1.86. The minimum atomic E-state index is 0.304. The van der Waals surface area contributed by atoms with Crippen LogP contribution in [0.2, 0.25) is 0 Å². The van der Waals surface area contributed by atoms with Gasteiger partial charge in [-0.15, -0.1) is 18.2 Å². The molecule has 7 heavy (non-hydrogen) atoms. The molecule has 0 bridgehead atoms. The van der Waals surface area contributed by atoms with Crippen LogP contribution in [0.25, 0.3) is 0 Å². The van der Waals surface area contributed by atoms with E-state index in [0.29, 0.717) is 5.38 Å². The highest BCUT2D eigenvalue weighted by atomic mass is 35.5. The van der Waals surface area contributed by atoms with Gasteiger partial charge in [-0.1, -0.05) is 6.08 Å². The Bertz CT molecular complexity index is 48.1. The quantitative estimate of drug-likeness (QED) is 0.395. The lowest BCUT2D eigenvalue weighted by atomic mass is 10.2. The fourth-order valence-corrected chi connectivity index (χ4v) is 0.474. The molecule has 0 aromatic carbocycles. The first-order valence-electron chi connectivity index (χ1n) is 2.52. The molecule has 42 valence electrons. The SMILES string of the molecule is C=CCC[C@@H](C)Cl. The fraction of sp³-hybridized carbons (Fsp3) is 0.667. The minimum Gasteiger partial charge on any atom is -0.123 e.